The Morgan fingerprint density at radius 1 is 1.43 bits per heavy atom. The molecule has 0 spiro atoms. The van der Waals surface area contributed by atoms with Crippen molar-refractivity contribution in [3.05, 3.63) is 23.9 Å². The van der Waals surface area contributed by atoms with Gasteiger partial charge in [0, 0.05) is 24.8 Å². The molecule has 0 bridgehead atoms. The van der Waals surface area contributed by atoms with Crippen molar-refractivity contribution < 1.29 is 4.74 Å². The molecule has 4 heterocycles. The van der Waals surface area contributed by atoms with Gasteiger partial charge in [-0.2, -0.15) is 15.5 Å². The number of rotatable bonds is 4. The molecule has 1 atom stereocenters. The lowest BCUT2D eigenvalue weighted by molar-refractivity contribution is 0.0985. The number of fused-ring (bicyclic) bond motifs is 1. The lowest BCUT2D eigenvalue weighted by atomic mass is 9.96. The minimum Gasteiger partial charge on any atom is -0.377 e. The minimum atomic E-state index is -0.427. The molecule has 0 aromatic carbocycles. The Bertz CT molecular complexity index is 1060. The fourth-order valence-electron chi connectivity index (χ4n) is 4.11. The quantitative estimate of drug-likeness (QED) is 0.751. The summed E-state index contributed by atoms with van der Waals surface area (Å²) in [7, 11) is 0. The van der Waals surface area contributed by atoms with Gasteiger partial charge in [-0.3, -0.25) is 9.78 Å². The van der Waals surface area contributed by atoms with Crippen LogP contribution in [0.2, 0.25) is 0 Å². The van der Waals surface area contributed by atoms with E-state index in [9.17, 15) is 5.26 Å². The second-order valence-corrected chi connectivity index (χ2v) is 7.67. The summed E-state index contributed by atoms with van der Waals surface area (Å²) in [6.45, 7) is 7.09. The van der Waals surface area contributed by atoms with Gasteiger partial charge in [-0.1, -0.05) is 0 Å². The predicted molar refractivity (Wildman–Crippen MR) is 105 cm³/mol. The minimum absolute atomic E-state index is 0.237. The van der Waals surface area contributed by atoms with Crippen LogP contribution in [0.5, 0.6) is 0 Å². The first-order chi connectivity index (χ1) is 13.7. The summed E-state index contributed by atoms with van der Waals surface area (Å²) in [5.74, 6) is 0.899. The highest BCUT2D eigenvalue weighted by molar-refractivity contribution is 5.93. The van der Waals surface area contributed by atoms with Crippen LogP contribution in [0.1, 0.15) is 32.3 Å². The molecule has 28 heavy (non-hydrogen) atoms. The van der Waals surface area contributed by atoms with Gasteiger partial charge in [0.2, 0.25) is 0 Å². The molecular weight excluding hydrogens is 354 g/mol. The second kappa shape index (κ2) is 6.31. The second-order valence-electron chi connectivity index (χ2n) is 7.67. The summed E-state index contributed by atoms with van der Waals surface area (Å²) in [6.07, 6.45) is 3.49. The van der Waals surface area contributed by atoms with Crippen molar-refractivity contribution in [2.45, 2.75) is 44.7 Å². The monoisotopic (exact) mass is 377 g/mol. The molecule has 2 fully saturated rings. The third-order valence-corrected chi connectivity index (χ3v) is 5.88. The number of nitrogens with zero attached hydrogens (tertiary/aromatic N) is 6. The molecule has 1 saturated heterocycles. The molecule has 0 amide bonds. The van der Waals surface area contributed by atoms with Crippen molar-refractivity contribution in [2.75, 3.05) is 24.7 Å². The summed E-state index contributed by atoms with van der Waals surface area (Å²) in [5, 5.41) is 21.8. The summed E-state index contributed by atoms with van der Waals surface area (Å²) in [5.41, 5.74) is 4.05. The van der Waals surface area contributed by atoms with E-state index in [1.165, 1.54) is 0 Å². The third-order valence-electron chi connectivity index (χ3n) is 5.88. The van der Waals surface area contributed by atoms with Crippen molar-refractivity contribution in [2.24, 2.45) is 0 Å². The number of ether oxygens (including phenoxy) is 1. The number of hydrogen-bond acceptors (Lipinski definition) is 6. The molecule has 8 heteroatoms. The van der Waals surface area contributed by atoms with Crippen LogP contribution in [0, 0.1) is 11.3 Å². The van der Waals surface area contributed by atoms with Gasteiger partial charge < -0.3 is 9.64 Å². The maximum absolute atomic E-state index is 9.93. The van der Waals surface area contributed by atoms with Crippen LogP contribution in [0.25, 0.3) is 22.4 Å². The largest absolute Gasteiger partial charge is 0.377 e. The molecule has 3 aromatic heterocycles. The number of hydrogen-bond donors (Lipinski definition) is 1. The zero-order valence-electron chi connectivity index (χ0n) is 16.1. The zero-order valence-corrected chi connectivity index (χ0v) is 16.1. The molecule has 8 nitrogen and oxygen atoms in total. The number of aryl methyl sites for hydroxylation is 1. The molecule has 1 unspecified atom stereocenters. The van der Waals surface area contributed by atoms with E-state index in [1.807, 2.05) is 10.7 Å². The van der Waals surface area contributed by atoms with Crippen molar-refractivity contribution in [3.8, 4) is 17.5 Å². The lowest BCUT2D eigenvalue weighted by Gasteiger charge is -2.34. The van der Waals surface area contributed by atoms with Gasteiger partial charge in [0.25, 0.3) is 0 Å². The van der Waals surface area contributed by atoms with Crippen LogP contribution in [0.15, 0.2) is 18.3 Å². The van der Waals surface area contributed by atoms with E-state index in [2.05, 4.69) is 41.1 Å². The lowest BCUT2D eigenvalue weighted by Crippen LogP contribution is -2.44. The number of anilines is 1. The van der Waals surface area contributed by atoms with E-state index in [0.29, 0.717) is 19.8 Å². The van der Waals surface area contributed by atoms with Crippen LogP contribution in [-0.2, 0) is 16.7 Å². The first-order valence-electron chi connectivity index (χ1n) is 9.84. The molecular formula is C20H23N7O. The van der Waals surface area contributed by atoms with Crippen LogP contribution in [0.4, 0.5) is 5.82 Å². The van der Waals surface area contributed by atoms with E-state index in [4.69, 9.17) is 14.8 Å². The number of morpholine rings is 1. The number of pyridine rings is 1. The Morgan fingerprint density at radius 2 is 2.29 bits per heavy atom. The van der Waals surface area contributed by atoms with Crippen molar-refractivity contribution in [3.63, 3.8) is 0 Å². The number of H-pyrrole nitrogens is 1. The van der Waals surface area contributed by atoms with Crippen LogP contribution in [0.3, 0.4) is 0 Å². The van der Waals surface area contributed by atoms with Gasteiger partial charge >= 0.3 is 0 Å². The standard InChI is InChI=1S/C20H23N7O/c1-3-27-19-14(20(12-21)5-6-20)10-16(26-8-9-28-11-13(26)2)23-18(19)17(25-27)15-4-7-22-24-15/h4,7,10,13H,3,5-6,8-9,11H2,1-2H3,(H,22,24). The summed E-state index contributed by atoms with van der Waals surface area (Å²) < 4.78 is 7.57. The molecule has 1 aliphatic heterocycles. The fraction of sp³-hybridized carbons (Fsp3) is 0.500. The first kappa shape index (κ1) is 17.2. The van der Waals surface area contributed by atoms with Gasteiger partial charge in [-0.15, -0.1) is 0 Å². The van der Waals surface area contributed by atoms with Gasteiger partial charge in [-0.25, -0.2) is 4.98 Å². The fourth-order valence-corrected chi connectivity index (χ4v) is 4.11. The Morgan fingerprint density at radius 3 is 2.93 bits per heavy atom. The van der Waals surface area contributed by atoms with E-state index in [1.54, 1.807) is 6.20 Å². The first-order valence-corrected chi connectivity index (χ1v) is 9.84. The Balaban J connectivity index is 1.79. The maximum atomic E-state index is 9.93. The topological polar surface area (TPSA) is 95.7 Å². The molecule has 144 valence electrons. The molecule has 1 saturated carbocycles. The van der Waals surface area contributed by atoms with E-state index in [-0.39, 0.29) is 6.04 Å². The molecule has 1 aliphatic carbocycles. The average molecular weight is 377 g/mol. The van der Waals surface area contributed by atoms with Crippen LogP contribution in [-0.4, -0.2) is 50.8 Å². The molecule has 1 N–H and O–H groups in total. The summed E-state index contributed by atoms with van der Waals surface area (Å²) >= 11 is 0. The Hall–Kier alpha value is -2.92. The number of nitriles is 1. The van der Waals surface area contributed by atoms with Crippen molar-refractivity contribution in [1.82, 2.24) is 25.0 Å². The van der Waals surface area contributed by atoms with E-state index < -0.39 is 5.41 Å². The van der Waals surface area contributed by atoms with E-state index in [0.717, 1.165) is 53.2 Å². The number of aromatic nitrogens is 5. The van der Waals surface area contributed by atoms with Gasteiger partial charge in [0.05, 0.1) is 42.0 Å². The number of nitrogens with one attached hydrogen (secondary N) is 1. The van der Waals surface area contributed by atoms with Crippen LogP contribution < -0.4 is 4.90 Å². The van der Waals surface area contributed by atoms with Gasteiger partial charge in [0.15, 0.2) is 0 Å². The third kappa shape index (κ3) is 2.50. The molecule has 5 rings (SSSR count). The Kier molecular flexibility index (Phi) is 3.88. The smallest absolute Gasteiger partial charge is 0.136 e. The van der Waals surface area contributed by atoms with Crippen LogP contribution >= 0.6 is 0 Å². The highest BCUT2D eigenvalue weighted by Crippen LogP contribution is 2.51. The molecule has 0 radical (unpaired) electrons. The number of aromatic amines is 1. The van der Waals surface area contributed by atoms with Crippen molar-refractivity contribution in [1.29, 1.82) is 5.26 Å². The summed E-state index contributed by atoms with van der Waals surface area (Å²) in [6, 6.07) is 6.83. The zero-order chi connectivity index (χ0) is 19.3. The predicted octanol–water partition coefficient (Wildman–Crippen LogP) is 2.62. The highest BCUT2D eigenvalue weighted by Gasteiger charge is 2.47. The van der Waals surface area contributed by atoms with Crippen molar-refractivity contribution >= 4 is 16.9 Å². The normalized spacial score (nSPS) is 21.0. The average Bonchev–Trinajstić information content (AvgIpc) is 3.16. The Labute approximate surface area is 163 Å². The maximum Gasteiger partial charge on any atom is 0.136 e. The highest BCUT2D eigenvalue weighted by atomic mass is 16.5. The molecule has 2 aliphatic rings. The molecule has 3 aromatic rings. The summed E-state index contributed by atoms with van der Waals surface area (Å²) in [4.78, 5) is 7.32. The van der Waals surface area contributed by atoms with E-state index >= 15 is 0 Å². The SMILES string of the molecule is CCn1nc(-c2ccn[nH]2)c2nc(N3CCOCC3C)cc(C3(C#N)CC3)c21. The van der Waals surface area contributed by atoms with Gasteiger partial charge in [-0.05, 0) is 38.8 Å². The van der Waals surface area contributed by atoms with Gasteiger partial charge in [0.1, 0.15) is 17.0 Å².